The molecule has 0 amide bonds. The first-order chi connectivity index (χ1) is 24.3. The summed E-state index contributed by atoms with van der Waals surface area (Å²) < 4.78 is 6.64. The molecule has 0 bridgehead atoms. The smallest absolute Gasteiger partial charge is 0.135 e. The molecule has 0 N–H and O–H groups in total. The van der Waals surface area contributed by atoms with Crippen LogP contribution in [0.15, 0.2) is 170 Å². The predicted octanol–water partition coefficient (Wildman–Crippen LogP) is 13.7. The summed E-state index contributed by atoms with van der Waals surface area (Å²) in [6.07, 6.45) is 0. The molecule has 10 aromatic carbocycles. The van der Waals surface area contributed by atoms with Crippen molar-refractivity contribution >= 4 is 53.9 Å². The van der Waals surface area contributed by atoms with E-state index in [1.54, 1.807) is 0 Å². The highest BCUT2D eigenvalue weighted by molar-refractivity contribution is 6.25. The Labute approximate surface area is 283 Å². The maximum atomic E-state index is 6.64. The summed E-state index contributed by atoms with van der Waals surface area (Å²) >= 11 is 0. The Morgan fingerprint density at radius 1 is 0.286 bits per heavy atom. The highest BCUT2D eigenvalue weighted by atomic mass is 16.5. The topological polar surface area (TPSA) is 9.23 Å². The summed E-state index contributed by atoms with van der Waals surface area (Å²) in [5, 5.41) is 12.6. The van der Waals surface area contributed by atoms with Crippen molar-refractivity contribution in [2.24, 2.45) is 0 Å². The predicted molar refractivity (Wildman–Crippen MR) is 207 cm³/mol. The fourth-order valence-corrected chi connectivity index (χ4v) is 8.37. The molecule has 0 atom stereocenters. The number of ether oxygens (including phenoxy) is 1. The Hall–Kier alpha value is -6.44. The van der Waals surface area contributed by atoms with Gasteiger partial charge < -0.3 is 4.74 Å². The third-order valence-electron chi connectivity index (χ3n) is 10.6. The third kappa shape index (κ3) is 3.87. The minimum atomic E-state index is 0.906. The second kappa shape index (κ2) is 10.0. The molecule has 0 fully saturated rings. The molecule has 0 radical (unpaired) electrons. The quantitative estimate of drug-likeness (QED) is 0.179. The van der Waals surface area contributed by atoms with Crippen LogP contribution >= 0.6 is 0 Å². The fraction of sp³-hybridized carbons (Fsp3) is 0. The van der Waals surface area contributed by atoms with Crippen molar-refractivity contribution in [2.45, 2.75) is 0 Å². The van der Waals surface area contributed by atoms with Crippen LogP contribution < -0.4 is 4.74 Å². The first-order valence-electron chi connectivity index (χ1n) is 16.9. The molecule has 1 aliphatic rings. The molecular formula is C48H28O. The number of benzene rings is 10. The lowest BCUT2D eigenvalue weighted by Gasteiger charge is -2.24. The molecule has 226 valence electrons. The second-order valence-electron chi connectivity index (χ2n) is 13.2. The van der Waals surface area contributed by atoms with Gasteiger partial charge in [0, 0.05) is 10.9 Å². The van der Waals surface area contributed by atoms with Gasteiger partial charge in [-0.2, -0.15) is 0 Å². The molecule has 0 spiro atoms. The van der Waals surface area contributed by atoms with Gasteiger partial charge in [-0.15, -0.1) is 0 Å². The van der Waals surface area contributed by atoms with E-state index in [4.69, 9.17) is 4.74 Å². The summed E-state index contributed by atoms with van der Waals surface area (Å²) in [5.74, 6) is 1.82. The molecule has 1 heteroatoms. The van der Waals surface area contributed by atoms with Crippen molar-refractivity contribution in [2.75, 3.05) is 0 Å². The average Bonchev–Trinajstić information content (AvgIpc) is 3.17. The Balaban J connectivity index is 1.19. The van der Waals surface area contributed by atoms with E-state index in [1.165, 1.54) is 98.4 Å². The van der Waals surface area contributed by atoms with E-state index in [9.17, 15) is 0 Å². The van der Waals surface area contributed by atoms with Crippen LogP contribution in [0.4, 0.5) is 0 Å². The van der Waals surface area contributed by atoms with Crippen LogP contribution in [0, 0.1) is 0 Å². The van der Waals surface area contributed by atoms with Crippen LogP contribution in [-0.2, 0) is 0 Å². The SMILES string of the molecule is c1ccc(-c2cc(-c3ccc4c5c(cccc35)Oc3ccc5ccccc5c3-4)cc(-c3ccc4ccc5cccc6ccc3c4c56)c2)cc1. The molecule has 1 nitrogen and oxygen atoms in total. The van der Waals surface area contributed by atoms with E-state index >= 15 is 0 Å². The minimum absolute atomic E-state index is 0.906. The molecule has 49 heavy (non-hydrogen) atoms. The van der Waals surface area contributed by atoms with E-state index in [2.05, 4.69) is 170 Å². The van der Waals surface area contributed by atoms with Gasteiger partial charge in [0.15, 0.2) is 0 Å². The zero-order chi connectivity index (χ0) is 32.1. The van der Waals surface area contributed by atoms with Crippen LogP contribution in [0.25, 0.3) is 98.4 Å². The second-order valence-corrected chi connectivity index (χ2v) is 13.2. The van der Waals surface area contributed by atoms with E-state index in [1.807, 2.05) is 0 Å². The molecule has 0 saturated heterocycles. The Morgan fingerprint density at radius 3 is 1.69 bits per heavy atom. The van der Waals surface area contributed by atoms with Crippen LogP contribution in [0.2, 0.25) is 0 Å². The van der Waals surface area contributed by atoms with Gasteiger partial charge in [-0.25, -0.2) is 0 Å². The number of hydrogen-bond donors (Lipinski definition) is 0. The normalized spacial score (nSPS) is 12.2. The molecule has 1 heterocycles. The fourth-order valence-electron chi connectivity index (χ4n) is 8.37. The first kappa shape index (κ1) is 26.6. The molecular weight excluding hydrogens is 593 g/mol. The summed E-state index contributed by atoms with van der Waals surface area (Å²) in [5.41, 5.74) is 9.64. The van der Waals surface area contributed by atoms with Crippen molar-refractivity contribution in [3.8, 4) is 56.0 Å². The highest BCUT2D eigenvalue weighted by Gasteiger charge is 2.24. The van der Waals surface area contributed by atoms with Gasteiger partial charge in [0.25, 0.3) is 0 Å². The van der Waals surface area contributed by atoms with Crippen LogP contribution in [0.1, 0.15) is 0 Å². The lowest BCUT2D eigenvalue weighted by Crippen LogP contribution is -1.99. The average molecular weight is 621 g/mol. The summed E-state index contributed by atoms with van der Waals surface area (Å²) in [6, 6.07) is 62.1. The number of rotatable bonds is 3. The summed E-state index contributed by atoms with van der Waals surface area (Å²) in [6.45, 7) is 0. The highest BCUT2D eigenvalue weighted by Crippen LogP contribution is 2.51. The minimum Gasteiger partial charge on any atom is -0.456 e. The number of fused-ring (bicyclic) bond motifs is 4. The summed E-state index contributed by atoms with van der Waals surface area (Å²) in [4.78, 5) is 0. The standard InChI is InChI=1S/C48H28O/c1-2-8-29(9-3-1)34-26-35(37-21-18-33-17-16-31-11-6-12-32-19-22-41(37)46(33)45(31)32)28-36(27-34)38-23-24-42-47-39-13-5-4-10-30(39)20-25-44(47)49-43-15-7-14-40(38)48(42)43/h1-28H. The molecule has 10 aromatic rings. The molecule has 1 aliphatic heterocycles. The molecule has 0 aliphatic carbocycles. The van der Waals surface area contributed by atoms with Crippen molar-refractivity contribution < 1.29 is 4.74 Å². The summed E-state index contributed by atoms with van der Waals surface area (Å²) in [7, 11) is 0. The zero-order valence-electron chi connectivity index (χ0n) is 26.6. The number of hydrogen-bond acceptors (Lipinski definition) is 1. The molecule has 0 unspecified atom stereocenters. The van der Waals surface area contributed by atoms with Gasteiger partial charge in [0.1, 0.15) is 11.5 Å². The molecule has 0 aromatic heterocycles. The van der Waals surface area contributed by atoms with E-state index < -0.39 is 0 Å². The van der Waals surface area contributed by atoms with Crippen molar-refractivity contribution in [1.82, 2.24) is 0 Å². The van der Waals surface area contributed by atoms with Crippen molar-refractivity contribution in [3.05, 3.63) is 170 Å². The van der Waals surface area contributed by atoms with Crippen LogP contribution in [-0.4, -0.2) is 0 Å². The zero-order valence-corrected chi connectivity index (χ0v) is 26.6. The van der Waals surface area contributed by atoms with Gasteiger partial charge in [-0.05, 0) is 118 Å². The largest absolute Gasteiger partial charge is 0.456 e. The van der Waals surface area contributed by atoms with Crippen molar-refractivity contribution in [3.63, 3.8) is 0 Å². The van der Waals surface area contributed by atoms with Gasteiger partial charge in [0.2, 0.25) is 0 Å². The molecule has 0 saturated carbocycles. The maximum absolute atomic E-state index is 6.64. The Kier molecular flexibility index (Phi) is 5.45. The van der Waals surface area contributed by atoms with E-state index in [0.717, 1.165) is 11.5 Å². The monoisotopic (exact) mass is 620 g/mol. The third-order valence-corrected chi connectivity index (χ3v) is 10.6. The van der Waals surface area contributed by atoms with Gasteiger partial charge in [0.05, 0.1) is 0 Å². The Bertz CT molecular complexity index is 2940. The van der Waals surface area contributed by atoms with E-state index in [0.29, 0.717) is 0 Å². The van der Waals surface area contributed by atoms with Crippen molar-refractivity contribution in [1.29, 1.82) is 0 Å². The van der Waals surface area contributed by atoms with Gasteiger partial charge in [-0.3, -0.25) is 0 Å². The molecule has 11 rings (SSSR count). The lowest BCUT2D eigenvalue weighted by molar-refractivity contribution is 0.488. The van der Waals surface area contributed by atoms with Crippen LogP contribution in [0.3, 0.4) is 0 Å². The van der Waals surface area contributed by atoms with Crippen LogP contribution in [0.5, 0.6) is 11.5 Å². The lowest BCUT2D eigenvalue weighted by atomic mass is 9.85. The first-order valence-corrected chi connectivity index (χ1v) is 16.9. The van der Waals surface area contributed by atoms with Gasteiger partial charge in [-0.1, -0.05) is 140 Å². The van der Waals surface area contributed by atoms with Gasteiger partial charge >= 0.3 is 0 Å². The Morgan fingerprint density at radius 2 is 0.857 bits per heavy atom. The maximum Gasteiger partial charge on any atom is 0.135 e. The van der Waals surface area contributed by atoms with E-state index in [-0.39, 0.29) is 0 Å².